The Balaban J connectivity index is 6.23. The first kappa shape index (κ1) is 22.9. The Bertz CT molecular complexity index is 449. The second-order valence-electron chi connectivity index (χ2n) is 4.97. The topological polar surface area (TPSA) is 0 Å². The lowest BCUT2D eigenvalue weighted by Crippen LogP contribution is -2.70. The van der Waals surface area contributed by atoms with Gasteiger partial charge >= 0.3 is 29.9 Å². The molecule has 0 aromatic rings. The maximum atomic E-state index is 14.0. The summed E-state index contributed by atoms with van der Waals surface area (Å²) in [4.78, 5) is 0. The van der Waals surface area contributed by atoms with Crippen LogP contribution in [0.1, 0.15) is 26.2 Å². The predicted molar refractivity (Wildman–Crippen MR) is 59.4 cm³/mol. The van der Waals surface area contributed by atoms with E-state index in [1.807, 2.05) is 0 Å². The normalized spacial score (nSPS) is 17.5. The molecule has 1 atom stereocenters. The fourth-order valence-electron chi connectivity index (χ4n) is 1.65. The summed E-state index contributed by atoms with van der Waals surface area (Å²) in [7, 11) is 0. The van der Waals surface area contributed by atoms with E-state index in [0.717, 1.165) is 0 Å². The van der Waals surface area contributed by atoms with E-state index in [4.69, 9.17) is 0 Å². The van der Waals surface area contributed by atoms with Crippen LogP contribution in [0.3, 0.4) is 0 Å². The van der Waals surface area contributed by atoms with E-state index in [1.54, 1.807) is 0 Å². The smallest absolute Gasteiger partial charge is 0.232 e. The Morgan fingerprint density at radius 1 is 0.667 bits per heavy atom. The Morgan fingerprint density at radius 2 is 1.04 bits per heavy atom. The van der Waals surface area contributed by atoms with Gasteiger partial charge in [-0.1, -0.05) is 19.9 Å². The maximum Gasteiger partial charge on any atom is 0.460 e. The number of halogens is 12. The van der Waals surface area contributed by atoms with Crippen molar-refractivity contribution < 1.29 is 52.7 Å². The Morgan fingerprint density at radius 3 is 1.33 bits per heavy atom. The summed E-state index contributed by atoms with van der Waals surface area (Å²) in [5.41, 5.74) is -4.63. The molecule has 0 spiro atoms. The van der Waals surface area contributed by atoms with Crippen molar-refractivity contribution in [1.82, 2.24) is 0 Å². The first-order valence-corrected chi connectivity index (χ1v) is 6.28. The minimum atomic E-state index is -7.62. The van der Waals surface area contributed by atoms with Gasteiger partial charge in [0.25, 0.3) is 0 Å². The van der Waals surface area contributed by atoms with Gasteiger partial charge in [0.2, 0.25) is 0 Å². The zero-order valence-corrected chi connectivity index (χ0v) is 11.9. The van der Waals surface area contributed by atoms with Gasteiger partial charge in [-0.15, -0.1) is 0 Å². The third-order valence-electron chi connectivity index (χ3n) is 3.28. The zero-order valence-electron chi connectivity index (χ0n) is 11.9. The lowest BCUT2D eigenvalue weighted by atomic mass is 9.83. The van der Waals surface area contributed by atoms with Gasteiger partial charge in [-0.2, -0.15) is 48.3 Å². The highest BCUT2D eigenvalue weighted by atomic mass is 19.4. The summed E-state index contributed by atoms with van der Waals surface area (Å²) >= 11 is 0. The molecule has 0 rings (SSSR count). The molecule has 12 heteroatoms. The molecular weight excluding hydrogens is 372 g/mol. The quantitative estimate of drug-likeness (QED) is 0.347. The zero-order chi connectivity index (χ0) is 19.8. The molecule has 0 aliphatic rings. The van der Waals surface area contributed by atoms with Gasteiger partial charge in [-0.05, 0) is 18.9 Å². The summed E-state index contributed by atoms with van der Waals surface area (Å²) in [6.45, 7) is 3.69. The third-order valence-corrected chi connectivity index (χ3v) is 3.28. The van der Waals surface area contributed by atoms with E-state index in [-0.39, 0.29) is 6.42 Å². The lowest BCUT2D eigenvalue weighted by molar-refractivity contribution is -0.430. The molecule has 0 aromatic heterocycles. The van der Waals surface area contributed by atoms with E-state index in [1.165, 1.54) is 6.92 Å². The van der Waals surface area contributed by atoms with Gasteiger partial charge in [0, 0.05) is 0 Å². The van der Waals surface area contributed by atoms with Gasteiger partial charge in [-0.3, -0.25) is 0 Å². The van der Waals surface area contributed by atoms with Crippen molar-refractivity contribution in [3.63, 3.8) is 0 Å². The number of alkyl halides is 12. The fourth-order valence-corrected chi connectivity index (χ4v) is 1.65. The van der Waals surface area contributed by atoms with Crippen molar-refractivity contribution in [2.75, 3.05) is 0 Å². The van der Waals surface area contributed by atoms with Crippen molar-refractivity contribution >= 4 is 0 Å². The van der Waals surface area contributed by atoms with Crippen LogP contribution in [0, 0.1) is 0 Å². The molecule has 0 radical (unpaired) electrons. The van der Waals surface area contributed by atoms with Crippen molar-refractivity contribution in [1.29, 1.82) is 0 Å². The highest BCUT2D eigenvalue weighted by Crippen LogP contribution is 2.60. The van der Waals surface area contributed by atoms with Crippen LogP contribution >= 0.6 is 0 Å². The fraction of sp³-hybridized carbons (Fsp3) is 0.833. The van der Waals surface area contributed by atoms with Crippen LogP contribution in [-0.2, 0) is 0 Å². The van der Waals surface area contributed by atoms with E-state index >= 15 is 0 Å². The summed E-state index contributed by atoms with van der Waals surface area (Å²) in [6.07, 6.45) is -9.99. The molecule has 0 saturated carbocycles. The molecule has 0 amide bonds. The minimum absolute atomic E-state index is 0.0870. The van der Waals surface area contributed by atoms with E-state index in [2.05, 4.69) is 6.58 Å². The van der Waals surface area contributed by atoms with Gasteiger partial charge in [0.1, 0.15) is 0 Å². The van der Waals surface area contributed by atoms with Gasteiger partial charge < -0.3 is 0 Å². The van der Waals surface area contributed by atoms with Gasteiger partial charge in [0.15, 0.2) is 5.67 Å². The van der Waals surface area contributed by atoms with Crippen LogP contribution in [0.25, 0.3) is 0 Å². The van der Waals surface area contributed by atoms with E-state index in [0.29, 0.717) is 0 Å². The van der Waals surface area contributed by atoms with Gasteiger partial charge in [-0.25, -0.2) is 4.39 Å². The molecule has 0 bridgehead atoms. The summed E-state index contributed by atoms with van der Waals surface area (Å²) < 4.78 is 155. The average molecular weight is 384 g/mol. The molecule has 144 valence electrons. The van der Waals surface area contributed by atoms with Crippen LogP contribution < -0.4 is 0 Å². The van der Waals surface area contributed by atoms with Crippen molar-refractivity contribution in [2.24, 2.45) is 0 Å². The molecule has 0 fully saturated rings. The highest BCUT2D eigenvalue weighted by molar-refractivity contribution is 5.17. The molecule has 0 heterocycles. The van der Waals surface area contributed by atoms with Crippen LogP contribution in [0.2, 0.25) is 0 Å². The van der Waals surface area contributed by atoms with E-state index in [9.17, 15) is 52.7 Å². The number of hydrogen-bond acceptors (Lipinski definition) is 0. The molecule has 24 heavy (non-hydrogen) atoms. The summed E-state index contributed by atoms with van der Waals surface area (Å²) in [5, 5.41) is 0. The van der Waals surface area contributed by atoms with Crippen LogP contribution in [0.15, 0.2) is 12.7 Å². The highest BCUT2D eigenvalue weighted by Gasteiger charge is 2.89. The monoisotopic (exact) mass is 384 g/mol. The second-order valence-corrected chi connectivity index (χ2v) is 4.97. The molecule has 0 saturated heterocycles. The third kappa shape index (κ3) is 3.07. The Hall–Kier alpha value is -1.10. The maximum absolute atomic E-state index is 14.0. The molecule has 0 aliphatic carbocycles. The van der Waals surface area contributed by atoms with Crippen molar-refractivity contribution in [3.05, 3.63) is 12.7 Å². The molecule has 1 unspecified atom stereocenters. The second kappa shape index (κ2) is 6.32. The first-order chi connectivity index (χ1) is 10.4. The number of allylic oxidation sites excluding steroid dienone is 1. The van der Waals surface area contributed by atoms with E-state index < -0.39 is 54.5 Å². The Labute approximate surface area is 128 Å². The largest absolute Gasteiger partial charge is 0.460 e. The molecular formula is C12H12F12. The molecule has 0 nitrogen and oxygen atoms in total. The van der Waals surface area contributed by atoms with Crippen LogP contribution in [0.5, 0.6) is 0 Å². The minimum Gasteiger partial charge on any atom is -0.232 e. The molecule has 0 N–H and O–H groups in total. The summed E-state index contributed by atoms with van der Waals surface area (Å²) in [6, 6.07) is 0. The van der Waals surface area contributed by atoms with Crippen molar-refractivity contribution in [2.45, 2.75) is 61.7 Å². The molecule has 0 aliphatic heterocycles. The van der Waals surface area contributed by atoms with Crippen LogP contribution in [0.4, 0.5) is 52.7 Å². The van der Waals surface area contributed by atoms with Crippen molar-refractivity contribution in [3.8, 4) is 0 Å². The van der Waals surface area contributed by atoms with Crippen LogP contribution in [-0.4, -0.2) is 35.5 Å². The SMILES string of the molecule is C=CC(F)(CCCC)C(F)(F)C(F)(F)C(F)(F)C(F)(F)C(F)(F)F. The first-order valence-electron chi connectivity index (χ1n) is 6.28. The lowest BCUT2D eigenvalue weighted by Gasteiger charge is -2.41. The van der Waals surface area contributed by atoms with Gasteiger partial charge in [0.05, 0.1) is 0 Å². The number of unbranched alkanes of at least 4 members (excludes halogenated alkanes) is 1. The predicted octanol–water partition coefficient (Wildman–Crippen LogP) is 6.17. The number of hydrogen-bond donors (Lipinski definition) is 0. The Kier molecular flexibility index (Phi) is 6.03. The molecule has 0 aromatic carbocycles. The standard InChI is InChI=1S/C12H12F12/c1-3-5-6-7(13,4-2)8(14,15)9(16,17)10(18,19)11(20,21)12(22,23)24/h4H,2-3,5-6H2,1H3. The average Bonchev–Trinajstić information content (AvgIpc) is 2.42. The number of rotatable bonds is 8. The summed E-state index contributed by atoms with van der Waals surface area (Å²) in [5.74, 6) is -29.1.